The van der Waals surface area contributed by atoms with Crippen molar-refractivity contribution in [1.29, 1.82) is 0 Å². The summed E-state index contributed by atoms with van der Waals surface area (Å²) in [6.07, 6.45) is 3.38. The van der Waals surface area contributed by atoms with E-state index in [0.29, 0.717) is 12.1 Å². The third-order valence-electron chi connectivity index (χ3n) is 2.80. The molecule has 0 fully saturated rings. The van der Waals surface area contributed by atoms with Crippen molar-refractivity contribution in [3.05, 3.63) is 34.9 Å². The van der Waals surface area contributed by atoms with Crippen molar-refractivity contribution in [3.8, 4) is 0 Å². The molecular weight excluding hydrogens is 228 g/mol. The second-order valence-corrected chi connectivity index (χ2v) is 5.35. The number of nitrogens with zero attached hydrogens (tertiary/aromatic N) is 4. The lowest BCUT2D eigenvalue weighted by molar-refractivity contribution is 0.366. The van der Waals surface area contributed by atoms with Gasteiger partial charge in [-0.25, -0.2) is 4.68 Å². The highest BCUT2D eigenvalue weighted by Gasteiger charge is 2.21. The molecule has 5 heteroatoms. The molecule has 0 aliphatic rings. The van der Waals surface area contributed by atoms with Gasteiger partial charge in [0.05, 0.1) is 24.0 Å². The second-order valence-electron chi connectivity index (χ2n) is 5.35. The molecule has 0 aliphatic carbocycles. The van der Waals surface area contributed by atoms with Gasteiger partial charge in [-0.3, -0.25) is 9.48 Å². The van der Waals surface area contributed by atoms with Crippen LogP contribution in [0.3, 0.4) is 0 Å². The highest BCUT2D eigenvalue weighted by Crippen LogP contribution is 2.20. The summed E-state index contributed by atoms with van der Waals surface area (Å²) in [6, 6.07) is 0. The molecular formula is C13H18N4O. The minimum absolute atomic E-state index is 0.122. The van der Waals surface area contributed by atoms with Crippen LogP contribution in [0.5, 0.6) is 0 Å². The Balaban J connectivity index is 2.87. The lowest BCUT2D eigenvalue weighted by Crippen LogP contribution is -2.30. The number of allylic oxidation sites excluding steroid dienone is 1. The van der Waals surface area contributed by atoms with E-state index in [2.05, 4.69) is 16.8 Å². The summed E-state index contributed by atoms with van der Waals surface area (Å²) in [7, 11) is 0. The van der Waals surface area contributed by atoms with Crippen LogP contribution in [0.25, 0.3) is 10.9 Å². The number of fused-ring (bicyclic) bond motifs is 1. The zero-order valence-electron chi connectivity index (χ0n) is 11.3. The fourth-order valence-electron chi connectivity index (χ4n) is 1.98. The predicted molar refractivity (Wildman–Crippen MR) is 71.7 cm³/mol. The van der Waals surface area contributed by atoms with Crippen molar-refractivity contribution in [2.45, 2.75) is 39.8 Å². The molecule has 0 radical (unpaired) electrons. The Labute approximate surface area is 106 Å². The molecule has 2 aromatic heterocycles. The van der Waals surface area contributed by atoms with Gasteiger partial charge >= 0.3 is 0 Å². The molecule has 96 valence electrons. The van der Waals surface area contributed by atoms with E-state index in [9.17, 15) is 4.79 Å². The quantitative estimate of drug-likeness (QED) is 0.760. The Kier molecular flexibility index (Phi) is 2.84. The highest BCUT2D eigenvalue weighted by atomic mass is 16.1. The summed E-state index contributed by atoms with van der Waals surface area (Å²) in [5.41, 5.74) is 1.06. The zero-order valence-corrected chi connectivity index (χ0v) is 11.3. The van der Waals surface area contributed by atoms with E-state index in [-0.39, 0.29) is 11.1 Å². The molecule has 2 aromatic rings. The molecule has 5 nitrogen and oxygen atoms in total. The number of hydrogen-bond donors (Lipinski definition) is 0. The van der Waals surface area contributed by atoms with Gasteiger partial charge in [-0.1, -0.05) is 6.08 Å². The van der Waals surface area contributed by atoms with Gasteiger partial charge in [-0.2, -0.15) is 10.2 Å². The zero-order chi connectivity index (χ0) is 13.5. The molecule has 18 heavy (non-hydrogen) atoms. The maximum absolute atomic E-state index is 12.4. The van der Waals surface area contributed by atoms with Crippen LogP contribution in [-0.4, -0.2) is 19.6 Å². The van der Waals surface area contributed by atoms with Gasteiger partial charge in [0, 0.05) is 5.39 Å². The SMILES string of the molecule is C=CCn1nc(C)c2cnn(C(C)(C)C)c2c1=O. The third kappa shape index (κ3) is 1.85. The third-order valence-corrected chi connectivity index (χ3v) is 2.80. The van der Waals surface area contributed by atoms with Crippen LogP contribution in [0, 0.1) is 6.92 Å². The largest absolute Gasteiger partial charge is 0.293 e. The topological polar surface area (TPSA) is 52.7 Å². The monoisotopic (exact) mass is 246 g/mol. The summed E-state index contributed by atoms with van der Waals surface area (Å²) in [4.78, 5) is 12.4. The van der Waals surface area contributed by atoms with E-state index in [0.717, 1.165) is 11.1 Å². The van der Waals surface area contributed by atoms with Gasteiger partial charge < -0.3 is 0 Å². The van der Waals surface area contributed by atoms with Crippen molar-refractivity contribution in [2.24, 2.45) is 0 Å². The Morgan fingerprint density at radius 3 is 2.67 bits per heavy atom. The van der Waals surface area contributed by atoms with E-state index >= 15 is 0 Å². The lowest BCUT2D eigenvalue weighted by atomic mass is 10.1. The standard InChI is InChI=1S/C13H18N4O/c1-6-7-16-12(18)11-10(9(2)15-16)8-14-17(11)13(3,4)5/h6,8H,1,7H2,2-5H3. The van der Waals surface area contributed by atoms with E-state index in [1.807, 2.05) is 27.7 Å². The number of hydrogen-bond acceptors (Lipinski definition) is 3. The summed E-state index contributed by atoms with van der Waals surface area (Å²) in [6.45, 7) is 12.0. The van der Waals surface area contributed by atoms with Crippen LogP contribution >= 0.6 is 0 Å². The minimum Gasteiger partial charge on any atom is -0.265 e. The van der Waals surface area contributed by atoms with Crippen molar-refractivity contribution < 1.29 is 0 Å². The maximum Gasteiger partial charge on any atom is 0.293 e. The van der Waals surface area contributed by atoms with Crippen molar-refractivity contribution in [3.63, 3.8) is 0 Å². The first-order valence-electron chi connectivity index (χ1n) is 5.93. The van der Waals surface area contributed by atoms with E-state index < -0.39 is 0 Å². The first kappa shape index (κ1) is 12.5. The number of aromatic nitrogens is 4. The molecule has 0 aliphatic heterocycles. The first-order valence-corrected chi connectivity index (χ1v) is 5.93. The summed E-state index contributed by atoms with van der Waals surface area (Å²) < 4.78 is 3.19. The second kappa shape index (κ2) is 4.08. The maximum atomic E-state index is 12.4. The lowest BCUT2D eigenvalue weighted by Gasteiger charge is -2.20. The van der Waals surface area contributed by atoms with Crippen LogP contribution in [0.1, 0.15) is 26.5 Å². The Morgan fingerprint density at radius 2 is 2.11 bits per heavy atom. The van der Waals surface area contributed by atoms with Crippen LogP contribution in [0.2, 0.25) is 0 Å². The normalized spacial score (nSPS) is 12.0. The van der Waals surface area contributed by atoms with E-state index in [1.54, 1.807) is 17.0 Å². The summed E-state index contributed by atoms with van der Waals surface area (Å²) >= 11 is 0. The highest BCUT2D eigenvalue weighted by molar-refractivity contribution is 5.79. The minimum atomic E-state index is -0.235. The molecule has 0 saturated heterocycles. The first-order chi connectivity index (χ1) is 8.36. The van der Waals surface area contributed by atoms with Gasteiger partial charge in [0.1, 0.15) is 5.52 Å². The van der Waals surface area contributed by atoms with Crippen LogP contribution in [0.4, 0.5) is 0 Å². The van der Waals surface area contributed by atoms with Gasteiger partial charge in [-0.05, 0) is 27.7 Å². The smallest absolute Gasteiger partial charge is 0.265 e. The van der Waals surface area contributed by atoms with Gasteiger partial charge in [0.15, 0.2) is 0 Å². The molecule has 0 amide bonds. The molecule has 0 unspecified atom stereocenters. The molecule has 0 aromatic carbocycles. The van der Waals surface area contributed by atoms with Crippen LogP contribution in [-0.2, 0) is 12.1 Å². The fourth-order valence-corrected chi connectivity index (χ4v) is 1.98. The summed E-state index contributed by atoms with van der Waals surface area (Å²) in [5, 5.41) is 9.41. The number of aryl methyl sites for hydroxylation is 1. The summed E-state index contributed by atoms with van der Waals surface area (Å²) in [5.74, 6) is 0. The molecule has 0 bridgehead atoms. The van der Waals surface area contributed by atoms with Crippen molar-refractivity contribution in [1.82, 2.24) is 19.6 Å². The fraction of sp³-hybridized carbons (Fsp3) is 0.462. The average molecular weight is 246 g/mol. The molecule has 0 saturated carbocycles. The van der Waals surface area contributed by atoms with E-state index in [4.69, 9.17) is 0 Å². The van der Waals surface area contributed by atoms with Crippen molar-refractivity contribution >= 4 is 10.9 Å². The Bertz CT molecular complexity index is 658. The predicted octanol–water partition coefficient (Wildman–Crippen LogP) is 1.84. The van der Waals surface area contributed by atoms with Crippen LogP contribution < -0.4 is 5.56 Å². The average Bonchev–Trinajstić information content (AvgIpc) is 2.70. The molecule has 0 spiro atoms. The van der Waals surface area contributed by atoms with E-state index in [1.165, 1.54) is 4.68 Å². The van der Waals surface area contributed by atoms with Crippen LogP contribution in [0.15, 0.2) is 23.6 Å². The van der Waals surface area contributed by atoms with Gasteiger partial charge in [0.2, 0.25) is 0 Å². The molecule has 0 N–H and O–H groups in total. The molecule has 0 atom stereocenters. The Hall–Kier alpha value is -1.91. The van der Waals surface area contributed by atoms with Crippen molar-refractivity contribution in [2.75, 3.05) is 0 Å². The van der Waals surface area contributed by atoms with Gasteiger partial charge in [0.25, 0.3) is 5.56 Å². The molecule has 2 heterocycles. The van der Waals surface area contributed by atoms with Gasteiger partial charge in [-0.15, -0.1) is 6.58 Å². The Morgan fingerprint density at radius 1 is 1.44 bits per heavy atom. The number of rotatable bonds is 2. The molecule has 2 rings (SSSR count).